The molecule has 8 heteroatoms. The average molecular weight is 429 g/mol. The van der Waals surface area contributed by atoms with Crippen molar-refractivity contribution in [3.63, 3.8) is 0 Å². The molecule has 0 saturated carbocycles. The number of aryl methyl sites for hydroxylation is 1. The number of carbonyl (C=O) groups is 1. The van der Waals surface area contributed by atoms with E-state index in [1.165, 1.54) is 6.07 Å². The summed E-state index contributed by atoms with van der Waals surface area (Å²) in [5.41, 5.74) is 8.61. The maximum Gasteiger partial charge on any atom is 0.238 e. The Balaban J connectivity index is 1.27. The van der Waals surface area contributed by atoms with Crippen molar-refractivity contribution in [3.8, 4) is 11.3 Å². The number of piperidine rings is 1. The van der Waals surface area contributed by atoms with E-state index in [9.17, 15) is 9.18 Å². The number of halogens is 1. The SMILES string of the molecule is CC(C)C1CC(C(=O)NC2CCN(Cc3cc(-c4ccccc4F)nn3C)CC2)NN1. The summed E-state index contributed by atoms with van der Waals surface area (Å²) in [5.74, 6) is 0.338. The summed E-state index contributed by atoms with van der Waals surface area (Å²) in [7, 11) is 1.90. The number of nitrogens with zero attached hydrogens (tertiary/aromatic N) is 3. The molecule has 2 saturated heterocycles. The monoisotopic (exact) mass is 428 g/mol. The molecule has 0 spiro atoms. The van der Waals surface area contributed by atoms with Crippen molar-refractivity contribution >= 4 is 5.91 Å². The third-order valence-corrected chi connectivity index (χ3v) is 6.50. The largest absolute Gasteiger partial charge is 0.352 e. The molecule has 31 heavy (non-hydrogen) atoms. The number of hydrazine groups is 1. The molecule has 3 N–H and O–H groups in total. The first-order chi connectivity index (χ1) is 14.9. The van der Waals surface area contributed by atoms with Gasteiger partial charge in [-0.25, -0.2) is 9.82 Å². The van der Waals surface area contributed by atoms with Crippen molar-refractivity contribution in [2.45, 2.75) is 57.8 Å². The lowest BCUT2D eigenvalue weighted by Gasteiger charge is -2.32. The molecule has 0 bridgehead atoms. The van der Waals surface area contributed by atoms with Crippen LogP contribution in [0, 0.1) is 11.7 Å². The molecule has 1 aromatic carbocycles. The lowest BCUT2D eigenvalue weighted by molar-refractivity contribution is -0.123. The van der Waals surface area contributed by atoms with Gasteiger partial charge in [-0.15, -0.1) is 0 Å². The number of hydrogen-bond acceptors (Lipinski definition) is 5. The quantitative estimate of drug-likeness (QED) is 0.658. The second kappa shape index (κ2) is 9.46. The van der Waals surface area contributed by atoms with Crippen LogP contribution < -0.4 is 16.2 Å². The van der Waals surface area contributed by atoms with Gasteiger partial charge in [0.1, 0.15) is 11.9 Å². The van der Waals surface area contributed by atoms with Gasteiger partial charge < -0.3 is 5.32 Å². The van der Waals surface area contributed by atoms with Crippen LogP contribution >= 0.6 is 0 Å². The highest BCUT2D eigenvalue weighted by molar-refractivity contribution is 5.82. The van der Waals surface area contributed by atoms with Crippen LogP contribution in [0.2, 0.25) is 0 Å². The molecular weight excluding hydrogens is 395 g/mol. The maximum absolute atomic E-state index is 14.1. The van der Waals surface area contributed by atoms with Gasteiger partial charge in [0.05, 0.1) is 11.4 Å². The van der Waals surface area contributed by atoms with Gasteiger partial charge in [0.2, 0.25) is 5.91 Å². The van der Waals surface area contributed by atoms with E-state index < -0.39 is 0 Å². The zero-order chi connectivity index (χ0) is 22.0. The second-order valence-electron chi connectivity index (χ2n) is 9.11. The van der Waals surface area contributed by atoms with Crippen LogP contribution in [0.15, 0.2) is 30.3 Å². The van der Waals surface area contributed by atoms with Crippen molar-refractivity contribution in [3.05, 3.63) is 41.8 Å². The molecule has 2 atom stereocenters. The Morgan fingerprint density at radius 3 is 2.68 bits per heavy atom. The molecule has 0 aliphatic carbocycles. The highest BCUT2D eigenvalue weighted by Gasteiger charge is 2.32. The molecule has 168 valence electrons. The van der Waals surface area contributed by atoms with Gasteiger partial charge in [-0.3, -0.25) is 19.8 Å². The Labute approximate surface area is 183 Å². The predicted molar refractivity (Wildman–Crippen MR) is 118 cm³/mol. The van der Waals surface area contributed by atoms with E-state index in [1.54, 1.807) is 12.1 Å². The van der Waals surface area contributed by atoms with E-state index >= 15 is 0 Å². The Hall–Kier alpha value is -2.29. The summed E-state index contributed by atoms with van der Waals surface area (Å²) in [6.45, 7) is 6.92. The van der Waals surface area contributed by atoms with Crippen LogP contribution in [0.25, 0.3) is 11.3 Å². The highest BCUT2D eigenvalue weighted by Crippen LogP contribution is 2.23. The lowest BCUT2D eigenvalue weighted by Crippen LogP contribution is -2.50. The molecule has 2 aliphatic rings. The standard InChI is InChI=1S/C23H33FN6O/c1-15(2)20-13-22(27-26-20)23(31)25-16-8-10-30(11-9-16)14-17-12-21(28-29(17)3)18-6-4-5-7-19(18)24/h4-7,12,15-16,20,22,26-27H,8-11,13-14H2,1-3H3,(H,25,31). The van der Waals surface area contributed by atoms with E-state index in [0.717, 1.165) is 44.6 Å². The zero-order valence-electron chi connectivity index (χ0n) is 18.6. The average Bonchev–Trinajstić information content (AvgIpc) is 3.38. The molecule has 2 aliphatic heterocycles. The molecule has 3 heterocycles. The Morgan fingerprint density at radius 2 is 2.00 bits per heavy atom. The fraction of sp³-hybridized carbons (Fsp3) is 0.565. The summed E-state index contributed by atoms with van der Waals surface area (Å²) in [6, 6.07) is 9.10. The number of hydrogen-bond donors (Lipinski definition) is 3. The summed E-state index contributed by atoms with van der Waals surface area (Å²) >= 11 is 0. The molecule has 4 rings (SSSR count). The van der Waals surface area contributed by atoms with Crippen LogP contribution in [-0.4, -0.2) is 51.8 Å². The molecule has 2 aromatic rings. The van der Waals surface area contributed by atoms with Gasteiger partial charge in [-0.05, 0) is 43.4 Å². The topological polar surface area (TPSA) is 74.2 Å². The first-order valence-electron chi connectivity index (χ1n) is 11.2. The van der Waals surface area contributed by atoms with Crippen LogP contribution in [0.5, 0.6) is 0 Å². The molecule has 0 radical (unpaired) electrons. The minimum Gasteiger partial charge on any atom is -0.352 e. The molecule has 7 nitrogen and oxygen atoms in total. The van der Waals surface area contributed by atoms with Gasteiger partial charge in [-0.2, -0.15) is 5.10 Å². The summed E-state index contributed by atoms with van der Waals surface area (Å²) in [6.07, 6.45) is 2.68. The summed E-state index contributed by atoms with van der Waals surface area (Å²) in [4.78, 5) is 15.0. The Bertz CT molecular complexity index is 905. The summed E-state index contributed by atoms with van der Waals surface area (Å²) in [5, 5.41) is 7.72. The maximum atomic E-state index is 14.1. The van der Waals surface area contributed by atoms with Crippen molar-refractivity contribution in [1.82, 2.24) is 30.8 Å². The number of nitrogens with one attached hydrogen (secondary N) is 3. The van der Waals surface area contributed by atoms with Crippen molar-refractivity contribution < 1.29 is 9.18 Å². The van der Waals surface area contributed by atoms with E-state index in [-0.39, 0.29) is 23.8 Å². The zero-order valence-corrected chi connectivity index (χ0v) is 18.6. The number of amides is 1. The van der Waals surface area contributed by atoms with Crippen molar-refractivity contribution in [1.29, 1.82) is 0 Å². The minimum atomic E-state index is -0.254. The van der Waals surface area contributed by atoms with E-state index in [2.05, 4.69) is 40.0 Å². The lowest BCUT2D eigenvalue weighted by atomic mass is 9.98. The van der Waals surface area contributed by atoms with Gasteiger partial charge in [0.25, 0.3) is 0 Å². The summed E-state index contributed by atoms with van der Waals surface area (Å²) < 4.78 is 15.9. The first-order valence-corrected chi connectivity index (χ1v) is 11.2. The molecule has 2 fully saturated rings. The third kappa shape index (κ3) is 5.14. The van der Waals surface area contributed by atoms with Gasteiger partial charge in [0, 0.05) is 44.3 Å². The fourth-order valence-corrected chi connectivity index (χ4v) is 4.41. The van der Waals surface area contributed by atoms with Crippen LogP contribution in [-0.2, 0) is 18.4 Å². The van der Waals surface area contributed by atoms with E-state index in [0.29, 0.717) is 23.2 Å². The van der Waals surface area contributed by atoms with Crippen LogP contribution in [0.4, 0.5) is 4.39 Å². The van der Waals surface area contributed by atoms with Crippen molar-refractivity contribution in [2.75, 3.05) is 13.1 Å². The highest BCUT2D eigenvalue weighted by atomic mass is 19.1. The Morgan fingerprint density at radius 1 is 1.26 bits per heavy atom. The fourth-order valence-electron chi connectivity index (χ4n) is 4.41. The molecular formula is C23H33FN6O. The number of likely N-dealkylation sites (tertiary alicyclic amines) is 1. The van der Waals surface area contributed by atoms with Crippen LogP contribution in [0.3, 0.4) is 0 Å². The number of benzene rings is 1. The van der Waals surface area contributed by atoms with Gasteiger partial charge in [-0.1, -0.05) is 26.0 Å². The van der Waals surface area contributed by atoms with Gasteiger partial charge in [0.15, 0.2) is 0 Å². The third-order valence-electron chi connectivity index (χ3n) is 6.50. The van der Waals surface area contributed by atoms with Gasteiger partial charge >= 0.3 is 0 Å². The van der Waals surface area contributed by atoms with E-state index in [1.807, 2.05) is 23.9 Å². The number of rotatable bonds is 6. The molecule has 1 aromatic heterocycles. The normalized spacial score (nSPS) is 22.9. The predicted octanol–water partition coefficient (Wildman–Crippen LogP) is 2.20. The molecule has 1 amide bonds. The minimum absolute atomic E-state index is 0.0928. The second-order valence-corrected chi connectivity index (χ2v) is 9.11. The smallest absolute Gasteiger partial charge is 0.238 e. The van der Waals surface area contributed by atoms with Crippen LogP contribution in [0.1, 0.15) is 38.8 Å². The molecule has 2 unspecified atom stereocenters. The Kier molecular flexibility index (Phi) is 6.69. The number of carbonyl (C=O) groups excluding carboxylic acids is 1. The van der Waals surface area contributed by atoms with E-state index in [4.69, 9.17) is 0 Å². The first kappa shape index (κ1) is 21.9. The van der Waals surface area contributed by atoms with Crippen molar-refractivity contribution in [2.24, 2.45) is 13.0 Å². The number of aromatic nitrogens is 2.